The zero-order valence-electron chi connectivity index (χ0n) is 18.0. The smallest absolute Gasteiger partial charge is 0.355 e. The Labute approximate surface area is 172 Å². The highest BCUT2D eigenvalue weighted by Gasteiger charge is 2.23. The van der Waals surface area contributed by atoms with E-state index in [0.717, 1.165) is 12.0 Å². The average Bonchev–Trinajstić information content (AvgIpc) is 3.00. The first-order valence-corrected chi connectivity index (χ1v) is 9.61. The van der Waals surface area contributed by atoms with Crippen LogP contribution in [0, 0.1) is 13.8 Å². The van der Waals surface area contributed by atoms with E-state index < -0.39 is 5.97 Å². The van der Waals surface area contributed by atoms with Crippen molar-refractivity contribution in [2.45, 2.75) is 27.2 Å². The summed E-state index contributed by atoms with van der Waals surface area (Å²) in [4.78, 5) is 29.8. The van der Waals surface area contributed by atoms with Crippen LogP contribution in [0.3, 0.4) is 0 Å². The molecule has 1 N–H and O–H groups in total. The second-order valence-electron chi connectivity index (χ2n) is 6.95. The molecule has 0 saturated carbocycles. The van der Waals surface area contributed by atoms with E-state index in [1.165, 1.54) is 0 Å². The fraction of sp³-hybridized carbons (Fsp3) is 0.455. The first-order valence-electron chi connectivity index (χ1n) is 9.61. The van der Waals surface area contributed by atoms with E-state index in [0.29, 0.717) is 47.2 Å². The summed E-state index contributed by atoms with van der Waals surface area (Å²) in [6, 6.07) is 5.81. The zero-order valence-corrected chi connectivity index (χ0v) is 18.0. The van der Waals surface area contributed by atoms with E-state index in [1.54, 1.807) is 35.0 Å². The van der Waals surface area contributed by atoms with Gasteiger partial charge in [-0.1, -0.05) is 6.07 Å². The molecule has 0 spiro atoms. The van der Waals surface area contributed by atoms with Gasteiger partial charge in [0.2, 0.25) is 0 Å². The molecule has 0 fully saturated rings. The fourth-order valence-corrected chi connectivity index (χ4v) is 3.34. The second kappa shape index (κ2) is 10.1. The van der Waals surface area contributed by atoms with Gasteiger partial charge in [0.05, 0.1) is 27.4 Å². The monoisotopic (exact) mass is 402 g/mol. The summed E-state index contributed by atoms with van der Waals surface area (Å²) in [6.07, 6.45) is 0.767. The Hall–Kier alpha value is -2.80. The van der Waals surface area contributed by atoms with E-state index in [4.69, 9.17) is 14.2 Å². The number of esters is 1. The van der Waals surface area contributed by atoms with Crippen LogP contribution in [0.2, 0.25) is 0 Å². The van der Waals surface area contributed by atoms with Crippen LogP contribution in [0.5, 0.6) is 11.5 Å². The van der Waals surface area contributed by atoms with Crippen LogP contribution in [-0.4, -0.2) is 62.6 Å². The highest BCUT2D eigenvalue weighted by atomic mass is 16.5. The molecule has 2 aromatic rings. The number of aromatic amines is 1. The number of H-pyrrole nitrogens is 1. The first-order chi connectivity index (χ1) is 13.8. The minimum absolute atomic E-state index is 0.0263. The number of ether oxygens (including phenoxy) is 3. The Morgan fingerprint density at radius 1 is 1.10 bits per heavy atom. The van der Waals surface area contributed by atoms with E-state index in [2.05, 4.69) is 4.98 Å². The molecule has 0 bridgehead atoms. The minimum atomic E-state index is -0.436. The zero-order chi connectivity index (χ0) is 21.6. The van der Waals surface area contributed by atoms with Crippen LogP contribution < -0.4 is 9.47 Å². The number of Topliss-reactive ketones (excluding diaryl/α,β-unsaturated/α-hetero) is 1. The van der Waals surface area contributed by atoms with Crippen molar-refractivity contribution in [2.24, 2.45) is 0 Å². The number of ketones is 1. The Kier molecular flexibility index (Phi) is 7.84. The van der Waals surface area contributed by atoms with Gasteiger partial charge >= 0.3 is 5.97 Å². The molecule has 2 rings (SSSR count). The van der Waals surface area contributed by atoms with Crippen LogP contribution in [0.15, 0.2) is 18.2 Å². The molecule has 7 nitrogen and oxygen atoms in total. The number of rotatable bonds is 10. The van der Waals surface area contributed by atoms with Crippen molar-refractivity contribution in [1.82, 2.24) is 9.88 Å². The lowest BCUT2D eigenvalue weighted by Crippen LogP contribution is -2.28. The summed E-state index contributed by atoms with van der Waals surface area (Å²) >= 11 is 0. The molecule has 0 aliphatic heterocycles. The third-order valence-corrected chi connectivity index (χ3v) is 4.84. The highest BCUT2D eigenvalue weighted by molar-refractivity contribution is 6.03. The number of carbonyl (C=O) groups is 2. The lowest BCUT2D eigenvalue weighted by molar-refractivity contribution is 0.0519. The second-order valence-corrected chi connectivity index (χ2v) is 6.95. The molecule has 158 valence electrons. The van der Waals surface area contributed by atoms with E-state index in [-0.39, 0.29) is 12.3 Å². The quantitative estimate of drug-likeness (QED) is 0.486. The summed E-state index contributed by atoms with van der Waals surface area (Å²) in [7, 11) is 5.12. The summed E-state index contributed by atoms with van der Waals surface area (Å²) < 4.78 is 15.6. The van der Waals surface area contributed by atoms with Gasteiger partial charge in [-0.05, 0) is 57.5 Å². The van der Waals surface area contributed by atoms with E-state index in [9.17, 15) is 9.59 Å². The van der Waals surface area contributed by atoms with Gasteiger partial charge in [-0.15, -0.1) is 0 Å². The number of nitrogens with zero attached hydrogens (tertiary/aromatic N) is 1. The van der Waals surface area contributed by atoms with Gasteiger partial charge in [-0.25, -0.2) is 4.79 Å². The van der Waals surface area contributed by atoms with Crippen LogP contribution in [-0.2, 0) is 11.2 Å². The van der Waals surface area contributed by atoms with Gasteiger partial charge in [0.1, 0.15) is 5.69 Å². The number of carbonyl (C=O) groups excluding carboxylic acids is 2. The fourth-order valence-electron chi connectivity index (χ4n) is 3.34. The van der Waals surface area contributed by atoms with Gasteiger partial charge in [0.15, 0.2) is 17.3 Å². The molecule has 1 heterocycles. The Balaban J connectivity index is 2.02. The lowest BCUT2D eigenvalue weighted by atomic mass is 10.0. The molecule has 0 atom stereocenters. The maximum absolute atomic E-state index is 12.8. The largest absolute Gasteiger partial charge is 0.493 e. The number of benzene rings is 1. The van der Waals surface area contributed by atoms with Crippen molar-refractivity contribution in [1.29, 1.82) is 0 Å². The summed E-state index contributed by atoms with van der Waals surface area (Å²) in [5.41, 5.74) is 3.33. The average molecular weight is 402 g/mol. The molecule has 0 amide bonds. The van der Waals surface area contributed by atoms with Crippen LogP contribution in [0.1, 0.15) is 44.6 Å². The topological polar surface area (TPSA) is 80.9 Å². The molecule has 0 saturated heterocycles. The highest BCUT2D eigenvalue weighted by Crippen LogP contribution is 2.27. The molecule has 0 unspecified atom stereocenters. The number of aromatic nitrogens is 1. The van der Waals surface area contributed by atoms with Crippen molar-refractivity contribution in [3.63, 3.8) is 0 Å². The minimum Gasteiger partial charge on any atom is -0.493 e. The van der Waals surface area contributed by atoms with Crippen LogP contribution in [0.25, 0.3) is 0 Å². The summed E-state index contributed by atoms with van der Waals surface area (Å²) in [6.45, 7) is 6.57. The molecule has 29 heavy (non-hydrogen) atoms. The van der Waals surface area contributed by atoms with Crippen molar-refractivity contribution < 1.29 is 23.8 Å². The maximum atomic E-state index is 12.8. The lowest BCUT2D eigenvalue weighted by Gasteiger charge is -2.17. The number of nitrogens with one attached hydrogen (secondary N) is 1. The predicted molar refractivity (Wildman–Crippen MR) is 111 cm³/mol. The molecule has 1 aromatic heterocycles. The molecule has 0 radical (unpaired) electrons. The molecule has 0 aliphatic carbocycles. The molecule has 0 aliphatic rings. The van der Waals surface area contributed by atoms with Gasteiger partial charge in [-0.2, -0.15) is 0 Å². The molecular formula is C22H30N2O5. The molecular weight excluding hydrogens is 372 g/mol. The number of aryl methyl sites for hydroxylation is 1. The number of hydrogen-bond donors (Lipinski definition) is 1. The maximum Gasteiger partial charge on any atom is 0.355 e. The van der Waals surface area contributed by atoms with Gasteiger partial charge in [0.25, 0.3) is 0 Å². The van der Waals surface area contributed by atoms with Crippen molar-refractivity contribution >= 4 is 11.8 Å². The van der Waals surface area contributed by atoms with Gasteiger partial charge in [0, 0.05) is 17.8 Å². The number of hydrogen-bond acceptors (Lipinski definition) is 6. The summed E-state index contributed by atoms with van der Waals surface area (Å²) in [5.74, 6) is 0.917. The van der Waals surface area contributed by atoms with Gasteiger partial charge in [-0.3, -0.25) is 9.69 Å². The normalized spacial score (nSPS) is 10.9. The molecule has 7 heteroatoms. The molecule has 1 aromatic carbocycles. The Morgan fingerprint density at radius 3 is 2.41 bits per heavy atom. The number of methoxy groups -OCH3 is 2. The van der Waals surface area contributed by atoms with Crippen molar-refractivity contribution in [2.75, 3.05) is 41.0 Å². The standard InChI is InChI=1S/C22H30N2O5/c1-7-29-22(26)21-14(2)20(15(3)23-21)17(25)13-24(4)11-10-16-8-9-18(27-5)19(12-16)28-6/h8-9,12,23H,7,10-11,13H2,1-6H3. The van der Waals surface area contributed by atoms with E-state index in [1.807, 2.05) is 30.1 Å². The summed E-state index contributed by atoms with van der Waals surface area (Å²) in [5, 5.41) is 0. The first kappa shape index (κ1) is 22.5. The Bertz CT molecular complexity index is 872. The van der Waals surface area contributed by atoms with Crippen molar-refractivity contribution in [3.8, 4) is 11.5 Å². The van der Waals surface area contributed by atoms with Crippen LogP contribution in [0.4, 0.5) is 0 Å². The third kappa shape index (κ3) is 5.38. The number of likely N-dealkylation sites (N-methyl/N-ethyl adjacent to an activating group) is 1. The Morgan fingerprint density at radius 2 is 1.79 bits per heavy atom. The SMILES string of the molecule is CCOC(=O)c1[nH]c(C)c(C(=O)CN(C)CCc2ccc(OC)c(OC)c2)c1C. The predicted octanol–water partition coefficient (Wildman–Crippen LogP) is 3.18. The van der Waals surface area contributed by atoms with Crippen LogP contribution >= 0.6 is 0 Å². The van der Waals surface area contributed by atoms with Gasteiger partial charge < -0.3 is 19.2 Å². The van der Waals surface area contributed by atoms with E-state index >= 15 is 0 Å². The third-order valence-electron chi connectivity index (χ3n) is 4.84. The van der Waals surface area contributed by atoms with Crippen molar-refractivity contribution in [3.05, 3.63) is 46.3 Å².